The number of aryl methyl sites for hydroxylation is 2. The molecule has 362 valence electrons. The summed E-state index contributed by atoms with van der Waals surface area (Å²) in [6.45, 7) is 12.0. The van der Waals surface area contributed by atoms with E-state index in [4.69, 9.17) is 24.7 Å². The van der Waals surface area contributed by atoms with E-state index >= 15 is 0 Å². The maximum atomic E-state index is 13.6. The molecule has 1 fully saturated rings. The monoisotopic (exact) mass is 922 g/mol. The lowest BCUT2D eigenvalue weighted by Gasteiger charge is -2.23. The Hall–Kier alpha value is -5.71. The average molecular weight is 922 g/mol. The number of benzene rings is 3. The second kappa shape index (κ2) is 28.5. The third kappa shape index (κ3) is 17.2. The molecule has 1 aliphatic carbocycles. The quantitative estimate of drug-likeness (QED) is 0.0692. The Labute approximate surface area is 396 Å². The molecule has 3 aromatic carbocycles. The maximum Gasteiger partial charge on any atom is 0.255 e. The minimum absolute atomic E-state index is 0.0383. The SMILES string of the molecule is CCN(CC)c1ccc(NC(=O)c2cccc(C(=O)N(C)CCN(C)CCOCCOCCOCCNC(=O)C3CCOCC3)c2)c(-c2cc(C(N)=O)ccn2)c1.c1ccc2c(c1)CCCC2. The van der Waals surface area contributed by atoms with Gasteiger partial charge >= 0.3 is 0 Å². The van der Waals surface area contributed by atoms with E-state index in [1.165, 1.54) is 31.9 Å². The number of hydrogen-bond acceptors (Lipinski definition) is 11. The Morgan fingerprint density at radius 1 is 0.731 bits per heavy atom. The highest BCUT2D eigenvalue weighted by molar-refractivity contribution is 6.08. The molecule has 0 saturated carbocycles. The first-order chi connectivity index (χ1) is 32.6. The van der Waals surface area contributed by atoms with Gasteiger partial charge in [0.15, 0.2) is 0 Å². The van der Waals surface area contributed by atoms with Crippen LogP contribution in [0.1, 0.15) is 81.7 Å². The number of nitrogens with one attached hydrogen (secondary N) is 2. The van der Waals surface area contributed by atoms with Crippen LogP contribution in [0.5, 0.6) is 0 Å². The molecule has 0 radical (unpaired) electrons. The number of nitrogens with zero attached hydrogens (tertiary/aromatic N) is 4. The van der Waals surface area contributed by atoms with Gasteiger partial charge in [0.2, 0.25) is 11.8 Å². The van der Waals surface area contributed by atoms with Crippen LogP contribution in [0, 0.1) is 5.92 Å². The van der Waals surface area contributed by atoms with Gasteiger partial charge in [-0.3, -0.25) is 24.2 Å². The van der Waals surface area contributed by atoms with Crippen molar-refractivity contribution in [3.05, 3.63) is 113 Å². The Bertz CT molecular complexity index is 2150. The highest BCUT2D eigenvalue weighted by Crippen LogP contribution is 2.32. The van der Waals surface area contributed by atoms with Gasteiger partial charge in [0.25, 0.3) is 11.8 Å². The number of ether oxygens (including phenoxy) is 4. The van der Waals surface area contributed by atoms with Gasteiger partial charge in [-0.05, 0) is 119 Å². The first kappa shape index (κ1) is 52.3. The number of hydrogen-bond donors (Lipinski definition) is 3. The van der Waals surface area contributed by atoms with Crippen molar-refractivity contribution in [3.63, 3.8) is 0 Å². The molecule has 4 aromatic rings. The number of anilines is 2. The molecule has 0 unspecified atom stereocenters. The van der Waals surface area contributed by atoms with E-state index in [0.717, 1.165) is 31.6 Å². The summed E-state index contributed by atoms with van der Waals surface area (Å²) in [5.41, 5.74) is 12.3. The smallest absolute Gasteiger partial charge is 0.255 e. The van der Waals surface area contributed by atoms with Crippen molar-refractivity contribution in [3.8, 4) is 11.3 Å². The molecule has 4 N–H and O–H groups in total. The summed E-state index contributed by atoms with van der Waals surface area (Å²) in [5.74, 6) is -1.06. The molecule has 0 atom stereocenters. The van der Waals surface area contributed by atoms with Crippen LogP contribution in [-0.4, -0.2) is 145 Å². The largest absolute Gasteiger partial charge is 0.381 e. The Kier molecular flexibility index (Phi) is 22.2. The molecule has 1 saturated heterocycles. The van der Waals surface area contributed by atoms with Crippen LogP contribution in [0.3, 0.4) is 0 Å². The minimum atomic E-state index is -0.574. The fraction of sp³-hybridized carbons (Fsp3) is 0.481. The number of rotatable bonds is 24. The summed E-state index contributed by atoms with van der Waals surface area (Å²) in [5, 5.41) is 5.90. The lowest BCUT2D eigenvalue weighted by molar-refractivity contribution is -0.128. The van der Waals surface area contributed by atoms with Gasteiger partial charge in [0.1, 0.15) is 0 Å². The third-order valence-corrected chi connectivity index (χ3v) is 12.0. The average Bonchev–Trinajstić information content (AvgIpc) is 3.36. The zero-order chi connectivity index (χ0) is 47.8. The number of carbonyl (C=O) groups is 4. The Balaban J connectivity index is 0.000000733. The molecule has 0 bridgehead atoms. The summed E-state index contributed by atoms with van der Waals surface area (Å²) in [7, 11) is 3.70. The van der Waals surface area contributed by atoms with Gasteiger partial charge < -0.3 is 50.0 Å². The molecule has 67 heavy (non-hydrogen) atoms. The van der Waals surface area contributed by atoms with E-state index in [0.29, 0.717) is 113 Å². The molecule has 1 aliphatic heterocycles. The Morgan fingerprint density at radius 3 is 2.06 bits per heavy atom. The van der Waals surface area contributed by atoms with Gasteiger partial charge in [-0.15, -0.1) is 0 Å². The predicted molar refractivity (Wildman–Crippen MR) is 263 cm³/mol. The molecule has 6 rings (SSSR count). The van der Waals surface area contributed by atoms with Gasteiger partial charge in [0.05, 0.1) is 51.0 Å². The molecule has 2 aliphatic rings. The predicted octanol–water partition coefficient (Wildman–Crippen LogP) is 6.11. The van der Waals surface area contributed by atoms with Crippen LogP contribution in [0.2, 0.25) is 0 Å². The van der Waals surface area contributed by atoms with E-state index < -0.39 is 11.8 Å². The van der Waals surface area contributed by atoms with E-state index in [9.17, 15) is 19.2 Å². The maximum absolute atomic E-state index is 13.6. The van der Waals surface area contributed by atoms with Gasteiger partial charge in [0, 0.05) is 99.6 Å². The van der Waals surface area contributed by atoms with Crippen LogP contribution >= 0.6 is 0 Å². The summed E-state index contributed by atoms with van der Waals surface area (Å²) >= 11 is 0. The first-order valence-electron chi connectivity index (χ1n) is 23.7. The van der Waals surface area contributed by atoms with Crippen LogP contribution in [0.15, 0.2) is 85.1 Å². The number of nitrogens with two attached hydrogens (primary N) is 1. The fourth-order valence-corrected chi connectivity index (χ4v) is 7.90. The number of likely N-dealkylation sites (N-methyl/N-ethyl adjacent to an activating group) is 2. The van der Waals surface area contributed by atoms with Crippen molar-refractivity contribution < 1.29 is 38.1 Å². The fourth-order valence-electron chi connectivity index (χ4n) is 7.90. The summed E-state index contributed by atoms with van der Waals surface area (Å²) in [6.07, 6.45) is 8.43. The lowest BCUT2D eigenvalue weighted by Crippen LogP contribution is -2.36. The molecule has 2 heterocycles. The first-order valence-corrected chi connectivity index (χ1v) is 23.7. The zero-order valence-electron chi connectivity index (χ0n) is 39.9. The molecule has 1 aromatic heterocycles. The van der Waals surface area contributed by atoms with Gasteiger partial charge in [-0.25, -0.2) is 0 Å². The highest BCUT2D eigenvalue weighted by atomic mass is 16.5. The van der Waals surface area contributed by atoms with Crippen LogP contribution in [0.4, 0.5) is 11.4 Å². The second-order valence-electron chi connectivity index (χ2n) is 16.8. The zero-order valence-corrected chi connectivity index (χ0v) is 39.9. The third-order valence-electron chi connectivity index (χ3n) is 12.0. The van der Waals surface area contributed by atoms with Gasteiger partial charge in [-0.1, -0.05) is 30.3 Å². The second-order valence-corrected chi connectivity index (χ2v) is 16.8. The number of fused-ring (bicyclic) bond motifs is 1. The number of primary amides is 1. The number of carbonyl (C=O) groups excluding carboxylic acids is 4. The standard InChI is InChI=1S/C42H59N7O8.C10H12/c1-5-49(6-2)35-10-11-37(36(30-35)38-29-32(39(43)50)12-15-44-38)46-41(52)33-8-7-9-34(28-33)42(53)48(4)18-17-47(3)19-23-56-25-27-57-26-24-55-22-16-45-40(51)31-13-20-54-21-14-31;1-2-6-10-8-4-3-7-9(10)5-1/h7-12,15,28-31H,5-6,13-14,16-27H2,1-4H3,(H2,43,50)(H,45,51)(H,46,52);1-2,5-6H,3-4,7-8H2. The van der Waals surface area contributed by atoms with Crippen molar-refractivity contribution >= 4 is 35.0 Å². The van der Waals surface area contributed by atoms with Crippen LogP contribution in [-0.2, 0) is 36.6 Å². The normalized spacial score (nSPS) is 13.5. The molecular weight excluding hydrogens is 851 g/mol. The van der Waals surface area contributed by atoms with E-state index in [1.807, 2.05) is 25.2 Å². The van der Waals surface area contributed by atoms with Crippen molar-refractivity contribution in [1.29, 1.82) is 0 Å². The molecular formula is C52H71N7O8. The van der Waals surface area contributed by atoms with Crippen LogP contribution < -0.4 is 21.3 Å². The summed E-state index contributed by atoms with van der Waals surface area (Å²) < 4.78 is 22.1. The van der Waals surface area contributed by atoms with Crippen molar-refractivity contribution in [2.75, 3.05) is 116 Å². The number of pyridine rings is 1. The topological polar surface area (TPSA) is 178 Å². The number of amides is 4. The summed E-state index contributed by atoms with van der Waals surface area (Å²) in [4.78, 5) is 61.3. The number of aromatic nitrogens is 1. The molecule has 15 heteroatoms. The van der Waals surface area contributed by atoms with Gasteiger partial charge in [-0.2, -0.15) is 0 Å². The molecule has 4 amide bonds. The van der Waals surface area contributed by atoms with Crippen molar-refractivity contribution in [2.24, 2.45) is 11.7 Å². The van der Waals surface area contributed by atoms with E-state index in [-0.39, 0.29) is 17.7 Å². The van der Waals surface area contributed by atoms with E-state index in [1.54, 1.807) is 59.5 Å². The Morgan fingerprint density at radius 2 is 1.39 bits per heavy atom. The van der Waals surface area contributed by atoms with Crippen molar-refractivity contribution in [1.82, 2.24) is 20.1 Å². The van der Waals surface area contributed by atoms with E-state index in [2.05, 4.69) is 63.5 Å². The lowest BCUT2D eigenvalue weighted by atomic mass is 9.92. The highest BCUT2D eigenvalue weighted by Gasteiger charge is 2.21. The molecule has 0 spiro atoms. The minimum Gasteiger partial charge on any atom is -0.381 e. The summed E-state index contributed by atoms with van der Waals surface area (Å²) in [6, 6.07) is 24.3. The van der Waals surface area contributed by atoms with Crippen LogP contribution in [0.25, 0.3) is 11.3 Å². The molecule has 15 nitrogen and oxygen atoms in total. The van der Waals surface area contributed by atoms with Crippen molar-refractivity contribution in [2.45, 2.75) is 52.4 Å².